The zero-order chi connectivity index (χ0) is 12.1. The Balaban J connectivity index is 1.93. The molecule has 3 heteroatoms. The van der Waals surface area contributed by atoms with Crippen molar-refractivity contribution < 1.29 is 5.11 Å². The Morgan fingerprint density at radius 3 is 2.71 bits per heavy atom. The van der Waals surface area contributed by atoms with Gasteiger partial charge in [-0.25, -0.2) is 0 Å². The first-order valence-corrected chi connectivity index (χ1v) is 6.56. The van der Waals surface area contributed by atoms with Crippen LogP contribution in [-0.2, 0) is 6.54 Å². The average molecular weight is 234 g/mol. The van der Waals surface area contributed by atoms with Gasteiger partial charge in [-0.3, -0.25) is 9.88 Å². The van der Waals surface area contributed by atoms with E-state index < -0.39 is 5.60 Å². The van der Waals surface area contributed by atoms with Crippen LogP contribution in [0.3, 0.4) is 0 Å². The highest BCUT2D eigenvalue weighted by Gasteiger charge is 2.32. The number of hydrogen-bond donors (Lipinski definition) is 1. The molecule has 0 saturated heterocycles. The van der Waals surface area contributed by atoms with Crippen LogP contribution in [0.4, 0.5) is 0 Å². The van der Waals surface area contributed by atoms with Gasteiger partial charge in [0.25, 0.3) is 0 Å². The largest absolute Gasteiger partial charge is 0.389 e. The van der Waals surface area contributed by atoms with Crippen LogP contribution in [0.15, 0.2) is 24.4 Å². The maximum Gasteiger partial charge on any atom is 0.0774 e. The molecule has 94 valence electrons. The summed E-state index contributed by atoms with van der Waals surface area (Å²) in [4.78, 5) is 6.63. The minimum Gasteiger partial charge on any atom is -0.389 e. The Morgan fingerprint density at radius 2 is 2.12 bits per heavy atom. The highest BCUT2D eigenvalue weighted by molar-refractivity contribution is 5.03. The van der Waals surface area contributed by atoms with Crippen LogP contribution >= 0.6 is 0 Å². The third-order valence-electron chi connectivity index (χ3n) is 3.61. The fourth-order valence-electron chi connectivity index (χ4n) is 2.61. The molecule has 1 aliphatic rings. The molecule has 0 unspecified atom stereocenters. The lowest BCUT2D eigenvalue weighted by molar-refractivity contribution is 0.00820. The summed E-state index contributed by atoms with van der Waals surface area (Å²) in [5.41, 5.74) is 0.626. The molecular weight excluding hydrogens is 212 g/mol. The fourth-order valence-corrected chi connectivity index (χ4v) is 2.61. The lowest BCUT2D eigenvalue weighted by atomic mass is 10.0. The quantitative estimate of drug-likeness (QED) is 0.848. The molecule has 1 aromatic heterocycles. The highest BCUT2D eigenvalue weighted by atomic mass is 16.3. The summed E-state index contributed by atoms with van der Waals surface area (Å²) >= 11 is 0. The molecule has 1 heterocycles. The Kier molecular flexibility index (Phi) is 4.13. The van der Waals surface area contributed by atoms with Crippen LogP contribution in [0, 0.1) is 0 Å². The first-order chi connectivity index (χ1) is 8.22. The second kappa shape index (κ2) is 5.61. The molecule has 1 saturated carbocycles. The van der Waals surface area contributed by atoms with Gasteiger partial charge in [0.1, 0.15) is 0 Å². The SMILES string of the molecule is CCN(Cc1ccccn1)CC1(O)CCCC1. The van der Waals surface area contributed by atoms with Gasteiger partial charge >= 0.3 is 0 Å². The maximum atomic E-state index is 10.4. The minimum absolute atomic E-state index is 0.454. The van der Waals surface area contributed by atoms with E-state index in [9.17, 15) is 5.11 Å². The molecule has 1 aromatic rings. The number of rotatable bonds is 5. The van der Waals surface area contributed by atoms with Gasteiger partial charge in [0.15, 0.2) is 0 Å². The second-order valence-electron chi connectivity index (χ2n) is 5.06. The van der Waals surface area contributed by atoms with Crippen LogP contribution < -0.4 is 0 Å². The molecule has 1 fully saturated rings. The third-order valence-corrected chi connectivity index (χ3v) is 3.61. The van der Waals surface area contributed by atoms with E-state index in [0.29, 0.717) is 0 Å². The Morgan fingerprint density at radius 1 is 1.35 bits per heavy atom. The van der Waals surface area contributed by atoms with E-state index in [1.165, 1.54) is 0 Å². The van der Waals surface area contributed by atoms with Crippen molar-refractivity contribution in [2.75, 3.05) is 13.1 Å². The number of aromatic nitrogens is 1. The highest BCUT2D eigenvalue weighted by Crippen LogP contribution is 2.30. The first-order valence-electron chi connectivity index (χ1n) is 6.56. The second-order valence-corrected chi connectivity index (χ2v) is 5.06. The molecule has 0 aliphatic heterocycles. The molecule has 17 heavy (non-hydrogen) atoms. The van der Waals surface area contributed by atoms with Crippen molar-refractivity contribution >= 4 is 0 Å². The van der Waals surface area contributed by atoms with Gasteiger partial charge in [0, 0.05) is 19.3 Å². The monoisotopic (exact) mass is 234 g/mol. The van der Waals surface area contributed by atoms with Crippen LogP contribution in [0.2, 0.25) is 0 Å². The Bertz CT molecular complexity index is 333. The van der Waals surface area contributed by atoms with Crippen LogP contribution in [-0.4, -0.2) is 33.7 Å². The predicted molar refractivity (Wildman–Crippen MR) is 68.6 cm³/mol. The lowest BCUT2D eigenvalue weighted by Crippen LogP contribution is -2.40. The van der Waals surface area contributed by atoms with Crippen molar-refractivity contribution in [2.24, 2.45) is 0 Å². The number of hydrogen-bond acceptors (Lipinski definition) is 3. The molecule has 3 nitrogen and oxygen atoms in total. The summed E-state index contributed by atoms with van der Waals surface area (Å²) in [6, 6.07) is 5.99. The molecule has 2 rings (SSSR count). The molecule has 0 amide bonds. The standard InChI is InChI=1S/C14H22N2O/c1-2-16(11-13-7-3-6-10-15-13)12-14(17)8-4-5-9-14/h3,6-7,10,17H,2,4-5,8-9,11-12H2,1H3. The molecule has 0 bridgehead atoms. The van der Waals surface area contributed by atoms with Gasteiger partial charge in [-0.2, -0.15) is 0 Å². The van der Waals surface area contributed by atoms with E-state index in [1.54, 1.807) is 0 Å². The van der Waals surface area contributed by atoms with Gasteiger partial charge in [0.05, 0.1) is 11.3 Å². The molecule has 1 aliphatic carbocycles. The van der Waals surface area contributed by atoms with E-state index in [2.05, 4.69) is 16.8 Å². The Hall–Kier alpha value is -0.930. The van der Waals surface area contributed by atoms with Crippen molar-refractivity contribution in [3.63, 3.8) is 0 Å². The summed E-state index contributed by atoms with van der Waals surface area (Å²) in [7, 11) is 0. The van der Waals surface area contributed by atoms with Gasteiger partial charge < -0.3 is 5.11 Å². The van der Waals surface area contributed by atoms with Gasteiger partial charge in [-0.05, 0) is 31.5 Å². The smallest absolute Gasteiger partial charge is 0.0774 e. The summed E-state index contributed by atoms with van der Waals surface area (Å²) in [5.74, 6) is 0. The van der Waals surface area contributed by atoms with Crippen LogP contribution in [0.5, 0.6) is 0 Å². The van der Waals surface area contributed by atoms with Crippen LogP contribution in [0.1, 0.15) is 38.3 Å². The number of nitrogens with zero attached hydrogens (tertiary/aromatic N) is 2. The first kappa shape index (κ1) is 12.5. The van der Waals surface area contributed by atoms with Crippen molar-refractivity contribution in [3.8, 4) is 0 Å². The molecule has 0 spiro atoms. The van der Waals surface area contributed by atoms with E-state index in [0.717, 1.165) is 51.0 Å². The minimum atomic E-state index is -0.454. The summed E-state index contributed by atoms with van der Waals surface area (Å²) < 4.78 is 0. The number of likely N-dealkylation sites (N-methyl/N-ethyl adjacent to an activating group) is 1. The maximum absolute atomic E-state index is 10.4. The van der Waals surface area contributed by atoms with E-state index >= 15 is 0 Å². The number of pyridine rings is 1. The summed E-state index contributed by atoms with van der Waals surface area (Å²) in [5, 5.41) is 10.4. The van der Waals surface area contributed by atoms with E-state index in [-0.39, 0.29) is 0 Å². The van der Waals surface area contributed by atoms with Crippen molar-refractivity contribution in [1.29, 1.82) is 0 Å². The van der Waals surface area contributed by atoms with Gasteiger partial charge in [0.2, 0.25) is 0 Å². The topological polar surface area (TPSA) is 36.4 Å². The number of aliphatic hydroxyl groups is 1. The average Bonchev–Trinajstić information content (AvgIpc) is 2.76. The van der Waals surface area contributed by atoms with E-state index in [4.69, 9.17) is 0 Å². The lowest BCUT2D eigenvalue weighted by Gasteiger charge is -2.30. The van der Waals surface area contributed by atoms with Crippen molar-refractivity contribution in [3.05, 3.63) is 30.1 Å². The molecule has 0 aromatic carbocycles. The zero-order valence-corrected chi connectivity index (χ0v) is 10.6. The fraction of sp³-hybridized carbons (Fsp3) is 0.643. The summed E-state index contributed by atoms with van der Waals surface area (Å²) in [6.45, 7) is 4.71. The van der Waals surface area contributed by atoms with Gasteiger partial charge in [-0.1, -0.05) is 25.8 Å². The molecule has 1 N–H and O–H groups in total. The van der Waals surface area contributed by atoms with Gasteiger partial charge in [-0.15, -0.1) is 0 Å². The zero-order valence-electron chi connectivity index (χ0n) is 10.6. The predicted octanol–water partition coefficient (Wildman–Crippen LogP) is 2.21. The Labute approximate surface area is 103 Å². The van der Waals surface area contributed by atoms with E-state index in [1.807, 2.05) is 24.4 Å². The van der Waals surface area contributed by atoms with Crippen molar-refractivity contribution in [2.45, 2.75) is 44.8 Å². The normalized spacial score (nSPS) is 18.8. The van der Waals surface area contributed by atoms with Crippen LogP contribution in [0.25, 0.3) is 0 Å². The molecule has 0 radical (unpaired) electrons. The summed E-state index contributed by atoms with van der Waals surface area (Å²) in [6.07, 6.45) is 6.06. The van der Waals surface area contributed by atoms with Crippen molar-refractivity contribution in [1.82, 2.24) is 9.88 Å². The third kappa shape index (κ3) is 3.51. The molecule has 0 atom stereocenters. The molecular formula is C14H22N2O.